The molecule has 1 rings (SSSR count). The number of nitrogens with one attached hydrogen (secondary N) is 2. The van der Waals surface area contributed by atoms with E-state index in [0.29, 0.717) is 5.92 Å². The normalized spacial score (nSPS) is 12.0. The Morgan fingerprint density at radius 1 is 1.26 bits per heavy atom. The van der Waals surface area contributed by atoms with E-state index in [-0.39, 0.29) is 0 Å². The Morgan fingerprint density at radius 2 is 2.00 bits per heavy atom. The summed E-state index contributed by atoms with van der Waals surface area (Å²) in [6.07, 6.45) is 7.11. The van der Waals surface area contributed by atoms with Gasteiger partial charge in [-0.2, -0.15) is 0 Å². The molecule has 0 amide bonds. The molecule has 0 aromatic carbocycles. The van der Waals surface area contributed by atoms with E-state index in [1.54, 1.807) is 7.05 Å². The minimum atomic E-state index is 0.600. The van der Waals surface area contributed by atoms with Gasteiger partial charge in [-0.15, -0.1) is 0 Å². The zero-order valence-corrected chi connectivity index (χ0v) is 15.1. The lowest BCUT2D eigenvalue weighted by Gasteiger charge is -2.12. The molecule has 0 aliphatic rings. The van der Waals surface area contributed by atoms with Crippen LogP contribution in [0, 0.1) is 12.8 Å². The summed E-state index contributed by atoms with van der Waals surface area (Å²) in [6.45, 7) is 10.8. The molecule has 23 heavy (non-hydrogen) atoms. The molecule has 6 nitrogen and oxygen atoms in total. The van der Waals surface area contributed by atoms with Gasteiger partial charge in [-0.3, -0.25) is 4.99 Å². The lowest BCUT2D eigenvalue weighted by molar-refractivity contribution is 0.108. The Hall–Kier alpha value is -1.56. The number of aliphatic imine (C=N–C) groups is 1. The molecular weight excluding hydrogens is 290 g/mol. The molecule has 1 aromatic rings. The highest BCUT2D eigenvalue weighted by atomic mass is 16.5. The van der Waals surface area contributed by atoms with Crippen LogP contribution >= 0.6 is 0 Å². The summed E-state index contributed by atoms with van der Waals surface area (Å²) in [5, 5.41) is 6.66. The van der Waals surface area contributed by atoms with E-state index in [0.717, 1.165) is 63.9 Å². The number of aryl methyl sites for hydroxylation is 2. The van der Waals surface area contributed by atoms with E-state index in [1.165, 1.54) is 0 Å². The number of ether oxygens (including phenoxy) is 1. The fourth-order valence-electron chi connectivity index (χ4n) is 2.17. The van der Waals surface area contributed by atoms with E-state index < -0.39 is 0 Å². The molecule has 0 aliphatic heterocycles. The van der Waals surface area contributed by atoms with Gasteiger partial charge < -0.3 is 19.9 Å². The maximum Gasteiger partial charge on any atom is 0.190 e. The summed E-state index contributed by atoms with van der Waals surface area (Å²) in [5.41, 5.74) is 0. The third-order valence-electron chi connectivity index (χ3n) is 3.47. The predicted molar refractivity (Wildman–Crippen MR) is 95.8 cm³/mol. The molecular formula is C17H33N5O. The molecule has 2 N–H and O–H groups in total. The fraction of sp³-hybridized carbons (Fsp3) is 0.765. The molecule has 0 spiro atoms. The van der Waals surface area contributed by atoms with Crippen LogP contribution in [0.2, 0.25) is 0 Å². The molecule has 1 aromatic heterocycles. The average molecular weight is 323 g/mol. The second-order valence-corrected chi connectivity index (χ2v) is 6.12. The molecule has 1 heterocycles. The molecule has 0 unspecified atom stereocenters. The van der Waals surface area contributed by atoms with Crippen LogP contribution in [0.1, 0.15) is 38.9 Å². The molecule has 0 saturated carbocycles. The topological polar surface area (TPSA) is 63.5 Å². The van der Waals surface area contributed by atoms with Gasteiger partial charge in [-0.1, -0.05) is 13.8 Å². The molecule has 0 saturated heterocycles. The van der Waals surface area contributed by atoms with Gasteiger partial charge in [0.05, 0.1) is 0 Å². The standard InChI is InChI=1S/C17H33N5O/c1-15(2)14-23-13-7-9-21-17(18-4)20-8-5-6-11-22-12-10-19-16(22)3/h10,12,15H,5-9,11,13-14H2,1-4H3,(H2,18,20,21). The van der Waals surface area contributed by atoms with Crippen molar-refractivity contribution >= 4 is 5.96 Å². The van der Waals surface area contributed by atoms with Gasteiger partial charge in [-0.25, -0.2) is 4.98 Å². The Kier molecular flexibility index (Phi) is 10.1. The highest BCUT2D eigenvalue weighted by Crippen LogP contribution is 1.99. The van der Waals surface area contributed by atoms with Crippen molar-refractivity contribution in [3.63, 3.8) is 0 Å². The van der Waals surface area contributed by atoms with Crippen LogP contribution in [0.15, 0.2) is 17.4 Å². The first-order valence-electron chi connectivity index (χ1n) is 8.63. The van der Waals surface area contributed by atoms with Crippen LogP contribution in [0.4, 0.5) is 0 Å². The highest BCUT2D eigenvalue weighted by Gasteiger charge is 1.99. The summed E-state index contributed by atoms with van der Waals surface area (Å²) in [5.74, 6) is 2.55. The number of hydrogen-bond donors (Lipinski definition) is 2. The number of guanidine groups is 1. The molecule has 0 fully saturated rings. The zero-order valence-electron chi connectivity index (χ0n) is 15.1. The first-order valence-corrected chi connectivity index (χ1v) is 8.63. The number of rotatable bonds is 11. The summed E-state index contributed by atoms with van der Waals surface area (Å²) in [6, 6.07) is 0. The van der Waals surface area contributed by atoms with Crippen LogP contribution in [-0.2, 0) is 11.3 Å². The van der Waals surface area contributed by atoms with Gasteiger partial charge in [0.2, 0.25) is 0 Å². The van der Waals surface area contributed by atoms with Crippen molar-refractivity contribution in [2.24, 2.45) is 10.9 Å². The van der Waals surface area contributed by atoms with Crippen LogP contribution in [0.3, 0.4) is 0 Å². The molecule has 6 heteroatoms. The van der Waals surface area contributed by atoms with E-state index in [1.807, 2.05) is 19.3 Å². The molecule has 0 aliphatic carbocycles. The van der Waals surface area contributed by atoms with Gasteiger partial charge in [0.15, 0.2) is 5.96 Å². The SMILES string of the molecule is CN=C(NCCCCn1ccnc1C)NCCCOCC(C)C. The number of nitrogens with zero attached hydrogens (tertiary/aromatic N) is 3. The minimum absolute atomic E-state index is 0.600. The molecule has 0 bridgehead atoms. The van der Waals surface area contributed by atoms with Crippen molar-refractivity contribution in [1.29, 1.82) is 0 Å². The molecule has 132 valence electrons. The number of imidazole rings is 1. The lowest BCUT2D eigenvalue weighted by atomic mass is 10.2. The summed E-state index contributed by atoms with van der Waals surface area (Å²) in [4.78, 5) is 8.46. The Bertz CT molecular complexity index is 442. The summed E-state index contributed by atoms with van der Waals surface area (Å²) in [7, 11) is 1.81. The van der Waals surface area contributed by atoms with Gasteiger partial charge >= 0.3 is 0 Å². The lowest BCUT2D eigenvalue weighted by Crippen LogP contribution is -2.38. The van der Waals surface area contributed by atoms with E-state index in [4.69, 9.17) is 4.74 Å². The maximum atomic E-state index is 5.56. The second-order valence-electron chi connectivity index (χ2n) is 6.12. The highest BCUT2D eigenvalue weighted by molar-refractivity contribution is 5.79. The minimum Gasteiger partial charge on any atom is -0.381 e. The van der Waals surface area contributed by atoms with Crippen molar-refractivity contribution in [1.82, 2.24) is 20.2 Å². The molecule has 0 radical (unpaired) electrons. The maximum absolute atomic E-state index is 5.56. The van der Waals surface area contributed by atoms with Gasteiger partial charge in [-0.05, 0) is 32.1 Å². The van der Waals surface area contributed by atoms with E-state index in [9.17, 15) is 0 Å². The first kappa shape index (κ1) is 19.5. The van der Waals surface area contributed by atoms with Gasteiger partial charge in [0.25, 0.3) is 0 Å². The Balaban J connectivity index is 2.00. The molecule has 0 atom stereocenters. The predicted octanol–water partition coefficient (Wildman–Crippen LogP) is 2.20. The van der Waals surface area contributed by atoms with E-state index in [2.05, 4.69) is 39.0 Å². The quantitative estimate of drug-likeness (QED) is 0.372. The zero-order chi connectivity index (χ0) is 16.9. The van der Waals surface area contributed by atoms with Crippen molar-refractivity contribution in [2.45, 2.75) is 46.6 Å². The second kappa shape index (κ2) is 11.9. The van der Waals surface area contributed by atoms with Crippen LogP contribution < -0.4 is 10.6 Å². The van der Waals surface area contributed by atoms with Gasteiger partial charge in [0.1, 0.15) is 5.82 Å². The fourth-order valence-corrected chi connectivity index (χ4v) is 2.17. The average Bonchev–Trinajstić information content (AvgIpc) is 2.93. The summed E-state index contributed by atoms with van der Waals surface area (Å²) >= 11 is 0. The Morgan fingerprint density at radius 3 is 2.61 bits per heavy atom. The van der Waals surface area contributed by atoms with Gasteiger partial charge in [0, 0.05) is 52.3 Å². The number of unbranched alkanes of at least 4 members (excludes halogenated alkanes) is 1. The van der Waals surface area contributed by atoms with Crippen LogP contribution in [0.5, 0.6) is 0 Å². The van der Waals surface area contributed by atoms with E-state index >= 15 is 0 Å². The third kappa shape index (κ3) is 9.23. The third-order valence-corrected chi connectivity index (χ3v) is 3.47. The largest absolute Gasteiger partial charge is 0.381 e. The smallest absolute Gasteiger partial charge is 0.190 e. The van der Waals surface area contributed by atoms with Crippen molar-refractivity contribution in [3.05, 3.63) is 18.2 Å². The first-order chi connectivity index (χ1) is 11.1. The number of hydrogen-bond acceptors (Lipinski definition) is 3. The van der Waals surface area contributed by atoms with Crippen LogP contribution in [-0.4, -0.2) is 48.9 Å². The summed E-state index contributed by atoms with van der Waals surface area (Å²) < 4.78 is 7.75. The number of aromatic nitrogens is 2. The van der Waals surface area contributed by atoms with Crippen molar-refractivity contribution < 1.29 is 4.74 Å². The Labute approximate surface area is 140 Å². The van der Waals surface area contributed by atoms with Crippen molar-refractivity contribution in [2.75, 3.05) is 33.4 Å². The van der Waals surface area contributed by atoms with Crippen LogP contribution in [0.25, 0.3) is 0 Å². The monoisotopic (exact) mass is 323 g/mol. The van der Waals surface area contributed by atoms with Crippen molar-refractivity contribution in [3.8, 4) is 0 Å².